The van der Waals surface area contributed by atoms with Crippen LogP contribution in [0.15, 0.2) is 24.7 Å². The van der Waals surface area contributed by atoms with Crippen LogP contribution in [0.5, 0.6) is 0 Å². The summed E-state index contributed by atoms with van der Waals surface area (Å²) in [7, 11) is 0. The maximum atomic E-state index is 11.8. The van der Waals surface area contributed by atoms with Crippen LogP contribution in [0.4, 0.5) is 10.6 Å². The van der Waals surface area contributed by atoms with Gasteiger partial charge in [-0.3, -0.25) is 19.8 Å². The molecule has 0 aliphatic carbocycles. The number of hydrogen-bond acceptors (Lipinski definition) is 4. The molecule has 1 saturated heterocycles. The number of urea groups is 1. The third-order valence-corrected chi connectivity index (χ3v) is 2.98. The van der Waals surface area contributed by atoms with Crippen molar-refractivity contribution < 1.29 is 14.4 Å². The van der Waals surface area contributed by atoms with Crippen LogP contribution < -0.4 is 10.2 Å². The second kappa shape index (κ2) is 4.20. The lowest BCUT2D eigenvalue weighted by molar-refractivity contribution is -0.120. The monoisotopic (exact) mass is 258 g/mol. The van der Waals surface area contributed by atoms with Crippen molar-refractivity contribution >= 4 is 29.6 Å². The van der Waals surface area contributed by atoms with Crippen molar-refractivity contribution in [1.29, 1.82) is 0 Å². The van der Waals surface area contributed by atoms with E-state index >= 15 is 0 Å². The Kier molecular flexibility index (Phi) is 2.52. The Morgan fingerprint density at radius 3 is 2.89 bits per heavy atom. The number of nitrogens with zero attached hydrogens (tertiary/aromatic N) is 3. The van der Waals surface area contributed by atoms with Crippen LogP contribution in [0.3, 0.4) is 0 Å². The highest BCUT2D eigenvalue weighted by molar-refractivity contribution is 6.06. The topological polar surface area (TPSA) is 83.8 Å². The molecule has 7 heteroatoms. The van der Waals surface area contributed by atoms with Gasteiger partial charge in [0.25, 0.3) is 0 Å². The first-order valence-electron chi connectivity index (χ1n) is 5.72. The third kappa shape index (κ3) is 1.85. The second-order valence-electron chi connectivity index (χ2n) is 4.20. The standard InChI is InChI=1S/C12H10N4O3/c17-6-8-1-2-9-11(13-7-15(9)5-8)16-4-3-10(18)14-12(16)19/h1-2,5-7H,3-4H2,(H,14,18,19). The SMILES string of the molecule is O=Cc1ccc2c(N3CCC(=O)NC3=O)ncn2c1. The van der Waals surface area contributed by atoms with Crippen LogP contribution in [-0.4, -0.2) is 34.2 Å². The van der Waals surface area contributed by atoms with Gasteiger partial charge in [0, 0.05) is 24.7 Å². The summed E-state index contributed by atoms with van der Waals surface area (Å²) in [5.41, 5.74) is 1.23. The number of carbonyl (C=O) groups is 3. The number of aldehydes is 1. The summed E-state index contributed by atoms with van der Waals surface area (Å²) in [5.74, 6) is 0.190. The molecular weight excluding hydrogens is 248 g/mol. The van der Waals surface area contributed by atoms with Gasteiger partial charge in [0.2, 0.25) is 5.91 Å². The van der Waals surface area contributed by atoms with Crippen molar-refractivity contribution in [3.8, 4) is 0 Å². The molecule has 1 N–H and O–H groups in total. The normalized spacial score (nSPS) is 15.7. The fraction of sp³-hybridized carbons (Fsp3) is 0.167. The van der Waals surface area contributed by atoms with E-state index in [0.717, 1.165) is 6.29 Å². The first-order valence-corrected chi connectivity index (χ1v) is 5.72. The van der Waals surface area contributed by atoms with Gasteiger partial charge in [-0.1, -0.05) is 0 Å². The lowest BCUT2D eigenvalue weighted by Gasteiger charge is -2.24. The molecule has 0 unspecified atom stereocenters. The van der Waals surface area contributed by atoms with Gasteiger partial charge in [-0.15, -0.1) is 0 Å². The lowest BCUT2D eigenvalue weighted by Crippen LogP contribution is -2.49. The minimum absolute atomic E-state index is 0.247. The van der Waals surface area contributed by atoms with E-state index in [0.29, 0.717) is 23.4 Å². The van der Waals surface area contributed by atoms with E-state index in [9.17, 15) is 14.4 Å². The van der Waals surface area contributed by atoms with Gasteiger partial charge in [-0.25, -0.2) is 9.78 Å². The average molecular weight is 258 g/mol. The highest BCUT2D eigenvalue weighted by Gasteiger charge is 2.26. The number of amides is 3. The Labute approximate surface area is 107 Å². The zero-order valence-electron chi connectivity index (χ0n) is 9.87. The number of anilines is 1. The summed E-state index contributed by atoms with van der Waals surface area (Å²) >= 11 is 0. The van der Waals surface area contributed by atoms with Gasteiger partial charge in [0.15, 0.2) is 12.1 Å². The molecule has 1 aliphatic rings. The number of fused-ring (bicyclic) bond motifs is 1. The predicted octanol–water partition coefficient (Wildman–Crippen LogP) is 0.593. The Morgan fingerprint density at radius 2 is 2.16 bits per heavy atom. The van der Waals surface area contributed by atoms with E-state index in [-0.39, 0.29) is 12.3 Å². The van der Waals surface area contributed by atoms with Gasteiger partial charge in [-0.2, -0.15) is 0 Å². The number of imide groups is 1. The first-order chi connectivity index (χ1) is 9.19. The average Bonchev–Trinajstić information content (AvgIpc) is 2.81. The molecule has 2 aromatic rings. The quantitative estimate of drug-likeness (QED) is 0.799. The molecule has 19 heavy (non-hydrogen) atoms. The molecule has 0 saturated carbocycles. The molecule has 0 aromatic carbocycles. The van der Waals surface area contributed by atoms with Gasteiger partial charge in [-0.05, 0) is 12.1 Å². The highest BCUT2D eigenvalue weighted by atomic mass is 16.2. The molecule has 2 aromatic heterocycles. The van der Waals surface area contributed by atoms with Crippen molar-refractivity contribution in [3.05, 3.63) is 30.2 Å². The summed E-state index contributed by atoms with van der Waals surface area (Å²) in [6, 6.07) is 2.90. The molecule has 1 fully saturated rings. The van der Waals surface area contributed by atoms with Crippen molar-refractivity contribution in [2.45, 2.75) is 6.42 Å². The Hall–Kier alpha value is -2.70. The van der Waals surface area contributed by atoms with E-state index < -0.39 is 6.03 Å². The van der Waals surface area contributed by atoms with E-state index in [4.69, 9.17) is 0 Å². The fourth-order valence-corrected chi connectivity index (χ4v) is 2.05. The van der Waals surface area contributed by atoms with Crippen LogP contribution in [0.25, 0.3) is 5.52 Å². The zero-order valence-corrected chi connectivity index (χ0v) is 9.87. The van der Waals surface area contributed by atoms with Crippen LogP contribution in [-0.2, 0) is 4.79 Å². The number of imidazole rings is 1. The molecule has 1 aliphatic heterocycles. The summed E-state index contributed by atoms with van der Waals surface area (Å²) in [4.78, 5) is 39.2. The fourth-order valence-electron chi connectivity index (χ4n) is 2.05. The molecule has 0 bridgehead atoms. The lowest BCUT2D eigenvalue weighted by atomic mass is 10.2. The Morgan fingerprint density at radius 1 is 1.32 bits per heavy atom. The molecule has 3 amide bonds. The molecule has 7 nitrogen and oxygen atoms in total. The summed E-state index contributed by atoms with van der Waals surface area (Å²) < 4.78 is 1.67. The van der Waals surface area contributed by atoms with Crippen molar-refractivity contribution in [2.75, 3.05) is 11.4 Å². The minimum atomic E-state index is -0.476. The number of nitrogens with one attached hydrogen (secondary N) is 1. The Bertz CT molecular complexity index is 691. The number of pyridine rings is 1. The van der Waals surface area contributed by atoms with Gasteiger partial charge < -0.3 is 4.40 Å². The Balaban J connectivity index is 2.03. The van der Waals surface area contributed by atoms with E-state index in [1.807, 2.05) is 0 Å². The number of rotatable bonds is 2. The van der Waals surface area contributed by atoms with E-state index in [1.165, 1.54) is 11.2 Å². The van der Waals surface area contributed by atoms with E-state index in [2.05, 4.69) is 10.3 Å². The maximum absolute atomic E-state index is 11.8. The predicted molar refractivity (Wildman–Crippen MR) is 66.1 cm³/mol. The maximum Gasteiger partial charge on any atom is 0.329 e. The van der Waals surface area contributed by atoms with Crippen LogP contribution in [0.2, 0.25) is 0 Å². The second-order valence-corrected chi connectivity index (χ2v) is 4.20. The molecule has 96 valence electrons. The molecule has 0 atom stereocenters. The summed E-state index contributed by atoms with van der Waals surface area (Å²) in [6.45, 7) is 0.298. The molecular formula is C12H10N4O3. The van der Waals surface area contributed by atoms with Crippen molar-refractivity contribution in [1.82, 2.24) is 14.7 Å². The third-order valence-electron chi connectivity index (χ3n) is 2.98. The molecule has 0 radical (unpaired) electrons. The van der Waals surface area contributed by atoms with Crippen molar-refractivity contribution in [3.63, 3.8) is 0 Å². The summed E-state index contributed by atoms with van der Waals surface area (Å²) in [6.07, 6.45) is 4.15. The number of aromatic nitrogens is 2. The van der Waals surface area contributed by atoms with Gasteiger partial charge >= 0.3 is 6.03 Å². The summed E-state index contributed by atoms with van der Waals surface area (Å²) in [5, 5.41) is 2.25. The van der Waals surface area contributed by atoms with Crippen LogP contribution in [0.1, 0.15) is 16.8 Å². The molecule has 3 heterocycles. The van der Waals surface area contributed by atoms with Gasteiger partial charge in [0.1, 0.15) is 6.33 Å². The van der Waals surface area contributed by atoms with E-state index in [1.54, 1.807) is 22.7 Å². The van der Waals surface area contributed by atoms with Crippen LogP contribution in [0, 0.1) is 0 Å². The number of carbonyl (C=O) groups excluding carboxylic acids is 3. The van der Waals surface area contributed by atoms with Crippen LogP contribution >= 0.6 is 0 Å². The number of hydrogen-bond donors (Lipinski definition) is 1. The first kappa shape index (κ1) is 11.4. The van der Waals surface area contributed by atoms with Gasteiger partial charge in [0.05, 0.1) is 5.52 Å². The largest absolute Gasteiger partial charge is 0.329 e. The van der Waals surface area contributed by atoms with Crippen molar-refractivity contribution in [2.24, 2.45) is 0 Å². The smallest absolute Gasteiger partial charge is 0.304 e. The highest BCUT2D eigenvalue weighted by Crippen LogP contribution is 2.21. The minimum Gasteiger partial charge on any atom is -0.304 e. The molecule has 0 spiro atoms. The zero-order chi connectivity index (χ0) is 13.4. The molecule has 3 rings (SSSR count).